The van der Waals surface area contributed by atoms with Crippen LogP contribution in [0.5, 0.6) is 0 Å². The van der Waals surface area contributed by atoms with Gasteiger partial charge in [-0.2, -0.15) is 0 Å². The Morgan fingerprint density at radius 3 is 2.51 bits per heavy atom. The minimum atomic E-state index is -0.856. The molecule has 0 aliphatic rings. The van der Waals surface area contributed by atoms with Gasteiger partial charge in [0.1, 0.15) is 22.8 Å². The van der Waals surface area contributed by atoms with E-state index in [-0.39, 0.29) is 17.5 Å². The SMILES string of the molecule is O=C(Nc1cccc(-n2c(=O)c(Cc3cccnc3)nc3cccnc32)c1)c1cc(F)cc(F)c1. The second kappa shape index (κ2) is 9.22. The van der Waals surface area contributed by atoms with Crippen LogP contribution in [-0.2, 0) is 6.42 Å². The molecular weight excluding hydrogens is 452 g/mol. The zero-order valence-corrected chi connectivity index (χ0v) is 18.2. The molecule has 172 valence electrons. The van der Waals surface area contributed by atoms with Crippen LogP contribution in [0.4, 0.5) is 14.5 Å². The van der Waals surface area contributed by atoms with Crippen LogP contribution in [-0.4, -0.2) is 25.4 Å². The summed E-state index contributed by atoms with van der Waals surface area (Å²) in [5, 5.41) is 2.61. The Hall–Kier alpha value is -4.79. The lowest BCUT2D eigenvalue weighted by Gasteiger charge is -2.13. The van der Waals surface area contributed by atoms with Crippen molar-refractivity contribution in [1.82, 2.24) is 19.5 Å². The van der Waals surface area contributed by atoms with E-state index in [4.69, 9.17) is 0 Å². The maximum Gasteiger partial charge on any atom is 0.278 e. The van der Waals surface area contributed by atoms with Crippen molar-refractivity contribution < 1.29 is 13.6 Å². The number of hydrogen-bond donors (Lipinski definition) is 1. The summed E-state index contributed by atoms with van der Waals surface area (Å²) in [7, 11) is 0. The van der Waals surface area contributed by atoms with Crippen LogP contribution in [0.3, 0.4) is 0 Å². The van der Waals surface area contributed by atoms with Crippen LogP contribution in [0.15, 0.2) is 90.1 Å². The van der Waals surface area contributed by atoms with Crippen LogP contribution in [0.2, 0.25) is 0 Å². The second-order valence-electron chi connectivity index (χ2n) is 7.75. The smallest absolute Gasteiger partial charge is 0.278 e. The van der Waals surface area contributed by atoms with E-state index in [2.05, 4.69) is 20.3 Å². The molecule has 3 aromatic heterocycles. The van der Waals surface area contributed by atoms with Crippen LogP contribution >= 0.6 is 0 Å². The van der Waals surface area contributed by atoms with Gasteiger partial charge in [-0.05, 0) is 54.1 Å². The topological polar surface area (TPSA) is 89.8 Å². The number of carbonyl (C=O) groups is 1. The first-order chi connectivity index (χ1) is 17.0. The number of nitrogens with one attached hydrogen (secondary N) is 1. The molecule has 0 unspecified atom stereocenters. The van der Waals surface area contributed by atoms with Crippen molar-refractivity contribution in [2.24, 2.45) is 0 Å². The highest BCUT2D eigenvalue weighted by Gasteiger charge is 2.15. The third-order valence-electron chi connectivity index (χ3n) is 5.26. The molecule has 35 heavy (non-hydrogen) atoms. The minimum Gasteiger partial charge on any atom is -0.322 e. The van der Waals surface area contributed by atoms with Gasteiger partial charge in [0.25, 0.3) is 11.5 Å². The van der Waals surface area contributed by atoms with E-state index in [9.17, 15) is 18.4 Å². The highest BCUT2D eigenvalue weighted by molar-refractivity contribution is 6.04. The first-order valence-electron chi connectivity index (χ1n) is 10.6. The van der Waals surface area contributed by atoms with Crippen molar-refractivity contribution in [1.29, 1.82) is 0 Å². The lowest BCUT2D eigenvalue weighted by atomic mass is 10.1. The summed E-state index contributed by atoms with van der Waals surface area (Å²) >= 11 is 0. The number of benzene rings is 2. The van der Waals surface area contributed by atoms with Gasteiger partial charge < -0.3 is 5.32 Å². The van der Waals surface area contributed by atoms with E-state index in [0.717, 1.165) is 17.7 Å². The number of halogens is 2. The minimum absolute atomic E-state index is 0.167. The van der Waals surface area contributed by atoms with Gasteiger partial charge in [-0.1, -0.05) is 12.1 Å². The molecule has 3 heterocycles. The molecule has 0 saturated heterocycles. The molecule has 7 nitrogen and oxygen atoms in total. The van der Waals surface area contributed by atoms with Crippen LogP contribution < -0.4 is 10.9 Å². The number of nitrogens with zero attached hydrogens (tertiary/aromatic N) is 4. The molecule has 0 aliphatic carbocycles. The first kappa shape index (κ1) is 22.0. The summed E-state index contributed by atoms with van der Waals surface area (Å²) in [6.45, 7) is 0. The number of carbonyl (C=O) groups excluding carboxylic acids is 1. The lowest BCUT2D eigenvalue weighted by molar-refractivity contribution is 0.102. The quantitative estimate of drug-likeness (QED) is 0.415. The molecule has 5 aromatic rings. The fourth-order valence-electron chi connectivity index (χ4n) is 3.73. The van der Waals surface area contributed by atoms with Gasteiger partial charge in [0, 0.05) is 42.3 Å². The van der Waals surface area contributed by atoms with Gasteiger partial charge >= 0.3 is 0 Å². The molecule has 1 amide bonds. The summed E-state index contributed by atoms with van der Waals surface area (Å²) in [6.07, 6.45) is 5.16. The highest BCUT2D eigenvalue weighted by atomic mass is 19.1. The fraction of sp³-hybridized carbons (Fsp3) is 0.0385. The third-order valence-corrected chi connectivity index (χ3v) is 5.26. The van der Waals surface area contributed by atoms with Crippen molar-refractivity contribution in [2.75, 3.05) is 5.32 Å². The molecule has 0 aliphatic heterocycles. The number of pyridine rings is 2. The number of amides is 1. The zero-order chi connectivity index (χ0) is 24.4. The predicted octanol–water partition coefficient (Wildman–Crippen LogP) is 4.30. The van der Waals surface area contributed by atoms with Gasteiger partial charge in [-0.15, -0.1) is 0 Å². The van der Waals surface area contributed by atoms with Crippen LogP contribution in [0.25, 0.3) is 16.9 Å². The lowest BCUT2D eigenvalue weighted by Crippen LogP contribution is -2.25. The van der Waals surface area contributed by atoms with Crippen LogP contribution in [0.1, 0.15) is 21.6 Å². The van der Waals surface area contributed by atoms with Crippen molar-refractivity contribution in [3.63, 3.8) is 0 Å². The molecule has 5 rings (SSSR count). The normalized spacial score (nSPS) is 10.9. The number of rotatable bonds is 5. The summed E-state index contributed by atoms with van der Waals surface area (Å²) < 4.78 is 28.5. The largest absolute Gasteiger partial charge is 0.322 e. The summed E-state index contributed by atoms with van der Waals surface area (Å²) in [5.41, 5.74) is 2.25. The summed E-state index contributed by atoms with van der Waals surface area (Å²) in [5.74, 6) is -2.40. The number of anilines is 1. The van der Waals surface area contributed by atoms with Crippen molar-refractivity contribution in [2.45, 2.75) is 6.42 Å². The molecule has 0 radical (unpaired) electrons. The van der Waals surface area contributed by atoms with Gasteiger partial charge in [-0.25, -0.2) is 18.7 Å². The molecule has 0 atom stereocenters. The van der Waals surface area contributed by atoms with Gasteiger partial charge in [-0.3, -0.25) is 19.1 Å². The Bertz CT molecular complexity index is 1600. The zero-order valence-electron chi connectivity index (χ0n) is 18.2. The standard InChI is InChI=1S/C26H17F2N5O2/c27-18-11-17(12-19(28)13-18)25(34)31-20-5-1-6-21(14-20)33-24-22(7-3-9-30-24)32-23(26(33)35)10-16-4-2-8-29-15-16/h1-9,11-15H,10H2,(H,31,34). The molecule has 2 aromatic carbocycles. The van der Waals surface area contributed by atoms with Gasteiger partial charge in [0.15, 0.2) is 5.65 Å². The number of aromatic nitrogens is 4. The Balaban J connectivity index is 1.56. The molecule has 0 spiro atoms. The van der Waals surface area contributed by atoms with E-state index in [1.54, 1.807) is 61.1 Å². The monoisotopic (exact) mass is 469 g/mol. The van der Waals surface area contributed by atoms with E-state index in [1.807, 2.05) is 6.07 Å². The third kappa shape index (κ3) is 4.65. The Labute approximate surface area is 197 Å². The van der Waals surface area contributed by atoms with E-state index < -0.39 is 17.5 Å². The maximum absolute atomic E-state index is 13.5. The van der Waals surface area contributed by atoms with Crippen LogP contribution in [0, 0.1) is 11.6 Å². The van der Waals surface area contributed by atoms with Crippen molar-refractivity contribution in [3.8, 4) is 5.69 Å². The molecule has 1 N–H and O–H groups in total. The Morgan fingerprint density at radius 1 is 0.943 bits per heavy atom. The summed E-state index contributed by atoms with van der Waals surface area (Å²) in [6, 6.07) is 16.2. The number of hydrogen-bond acceptors (Lipinski definition) is 5. The molecular formula is C26H17F2N5O2. The van der Waals surface area contributed by atoms with E-state index >= 15 is 0 Å². The average molecular weight is 469 g/mol. The van der Waals surface area contributed by atoms with E-state index in [1.165, 1.54) is 4.57 Å². The average Bonchev–Trinajstić information content (AvgIpc) is 2.85. The van der Waals surface area contributed by atoms with Crippen molar-refractivity contribution >= 4 is 22.8 Å². The molecule has 0 saturated carbocycles. The molecule has 9 heteroatoms. The first-order valence-corrected chi connectivity index (χ1v) is 10.6. The van der Waals surface area contributed by atoms with Gasteiger partial charge in [0.05, 0.1) is 5.69 Å². The summed E-state index contributed by atoms with van der Waals surface area (Å²) in [4.78, 5) is 39.0. The maximum atomic E-state index is 13.5. The van der Waals surface area contributed by atoms with E-state index in [0.29, 0.717) is 34.3 Å². The van der Waals surface area contributed by atoms with Gasteiger partial charge in [0.2, 0.25) is 0 Å². The second-order valence-corrected chi connectivity index (χ2v) is 7.75. The highest BCUT2D eigenvalue weighted by Crippen LogP contribution is 2.19. The fourth-order valence-corrected chi connectivity index (χ4v) is 3.73. The van der Waals surface area contributed by atoms with Crippen molar-refractivity contribution in [3.05, 3.63) is 124 Å². The Morgan fingerprint density at radius 2 is 1.74 bits per heavy atom. The predicted molar refractivity (Wildman–Crippen MR) is 126 cm³/mol. The number of fused-ring (bicyclic) bond motifs is 1. The molecule has 0 bridgehead atoms. The molecule has 0 fully saturated rings. The Kier molecular flexibility index (Phi) is 5.80.